The normalized spacial score (nSPS) is 26.2. The van der Waals surface area contributed by atoms with Crippen LogP contribution in [0.2, 0.25) is 0 Å². The van der Waals surface area contributed by atoms with Gasteiger partial charge in [0.2, 0.25) is 0 Å². The molecule has 0 aromatic heterocycles. The second-order valence-corrected chi connectivity index (χ2v) is 7.38. The molecule has 2 unspecified atom stereocenters. The minimum Gasteiger partial charge on any atom is -0.338 e. The van der Waals surface area contributed by atoms with Crippen molar-refractivity contribution in [2.75, 3.05) is 13.1 Å². The molecule has 0 N–H and O–H groups in total. The molecule has 1 aliphatic carbocycles. The molecular weight excluding hydrogens is 334 g/mol. The Morgan fingerprint density at radius 1 is 1.20 bits per heavy atom. The highest BCUT2D eigenvalue weighted by Crippen LogP contribution is 2.36. The maximum atomic E-state index is 12.7. The molecule has 4 heteroatoms. The average Bonchev–Trinajstić information content (AvgIpc) is 2.48. The highest BCUT2D eigenvalue weighted by Gasteiger charge is 2.33. The van der Waals surface area contributed by atoms with E-state index in [1.807, 2.05) is 23.1 Å². The Morgan fingerprint density at radius 2 is 1.95 bits per heavy atom. The van der Waals surface area contributed by atoms with Gasteiger partial charge in [0.25, 0.3) is 5.91 Å². The molecular formula is C16H20BrNOS. The van der Waals surface area contributed by atoms with Crippen molar-refractivity contribution in [1.29, 1.82) is 0 Å². The third-order valence-corrected chi connectivity index (χ3v) is 5.73. The summed E-state index contributed by atoms with van der Waals surface area (Å²) in [4.78, 5) is 15.6. The van der Waals surface area contributed by atoms with Crippen molar-refractivity contribution in [3.63, 3.8) is 0 Å². The molecule has 2 fully saturated rings. The number of thiol groups is 1. The van der Waals surface area contributed by atoms with Crippen LogP contribution in [0.15, 0.2) is 27.6 Å². The topological polar surface area (TPSA) is 20.3 Å². The number of carbonyl (C=O) groups excluding carboxylic acids is 1. The van der Waals surface area contributed by atoms with Crippen LogP contribution in [0, 0.1) is 11.8 Å². The van der Waals surface area contributed by atoms with Gasteiger partial charge in [0, 0.05) is 22.5 Å². The van der Waals surface area contributed by atoms with Gasteiger partial charge >= 0.3 is 0 Å². The fourth-order valence-electron chi connectivity index (χ4n) is 3.63. The number of likely N-dealkylation sites (tertiary alicyclic amines) is 1. The van der Waals surface area contributed by atoms with E-state index in [0.717, 1.165) is 39.9 Å². The second-order valence-electron chi connectivity index (χ2n) is 6.01. The van der Waals surface area contributed by atoms with Crippen LogP contribution in [0.25, 0.3) is 0 Å². The van der Waals surface area contributed by atoms with Gasteiger partial charge in [-0.1, -0.05) is 19.3 Å². The van der Waals surface area contributed by atoms with Crippen molar-refractivity contribution in [2.24, 2.45) is 11.8 Å². The molecule has 1 amide bonds. The minimum atomic E-state index is 0.150. The summed E-state index contributed by atoms with van der Waals surface area (Å²) in [6.07, 6.45) is 6.54. The summed E-state index contributed by atoms with van der Waals surface area (Å²) in [6.45, 7) is 1.84. The summed E-state index contributed by atoms with van der Waals surface area (Å²) in [7, 11) is 0. The van der Waals surface area contributed by atoms with Crippen LogP contribution in [0.3, 0.4) is 0 Å². The number of hydrogen-bond donors (Lipinski definition) is 1. The monoisotopic (exact) mass is 353 g/mol. The van der Waals surface area contributed by atoms with Crippen LogP contribution in [0.1, 0.15) is 42.5 Å². The number of amides is 1. The van der Waals surface area contributed by atoms with Crippen LogP contribution >= 0.6 is 28.6 Å². The van der Waals surface area contributed by atoms with Crippen molar-refractivity contribution in [2.45, 2.75) is 37.0 Å². The summed E-state index contributed by atoms with van der Waals surface area (Å²) in [5, 5.41) is 0. The van der Waals surface area contributed by atoms with E-state index in [4.69, 9.17) is 0 Å². The Bertz CT molecular complexity index is 519. The lowest BCUT2D eigenvalue weighted by Crippen LogP contribution is -2.44. The van der Waals surface area contributed by atoms with Gasteiger partial charge in [0.15, 0.2) is 0 Å². The molecule has 1 aromatic carbocycles. The fourth-order valence-corrected chi connectivity index (χ4v) is 4.25. The van der Waals surface area contributed by atoms with Crippen LogP contribution in [0.4, 0.5) is 0 Å². The number of nitrogens with zero attached hydrogens (tertiary/aromatic N) is 1. The molecule has 1 saturated heterocycles. The van der Waals surface area contributed by atoms with Crippen molar-refractivity contribution >= 4 is 34.5 Å². The molecule has 1 aromatic rings. The fraction of sp³-hybridized carbons (Fsp3) is 0.562. The van der Waals surface area contributed by atoms with E-state index in [1.165, 1.54) is 32.1 Å². The molecule has 108 valence electrons. The van der Waals surface area contributed by atoms with Gasteiger partial charge in [0.05, 0.1) is 5.56 Å². The quantitative estimate of drug-likeness (QED) is 0.742. The summed E-state index contributed by atoms with van der Waals surface area (Å²) < 4.78 is 0.867. The number of benzene rings is 1. The highest BCUT2D eigenvalue weighted by molar-refractivity contribution is 9.10. The molecule has 3 rings (SSSR count). The van der Waals surface area contributed by atoms with Gasteiger partial charge in [-0.2, -0.15) is 0 Å². The van der Waals surface area contributed by atoms with Gasteiger partial charge in [0.1, 0.15) is 0 Å². The van der Waals surface area contributed by atoms with Crippen LogP contribution < -0.4 is 0 Å². The molecule has 0 radical (unpaired) electrons. The molecule has 1 heterocycles. The zero-order valence-corrected chi connectivity index (χ0v) is 14.0. The third kappa shape index (κ3) is 2.91. The first-order valence-electron chi connectivity index (χ1n) is 7.43. The molecule has 0 bridgehead atoms. The average molecular weight is 354 g/mol. The lowest BCUT2D eigenvalue weighted by atomic mass is 9.75. The highest BCUT2D eigenvalue weighted by atomic mass is 79.9. The zero-order valence-electron chi connectivity index (χ0n) is 11.5. The predicted molar refractivity (Wildman–Crippen MR) is 87.4 cm³/mol. The summed E-state index contributed by atoms with van der Waals surface area (Å²) >= 11 is 7.83. The van der Waals surface area contributed by atoms with Gasteiger partial charge in [-0.25, -0.2) is 0 Å². The molecule has 1 aliphatic heterocycles. The Balaban J connectivity index is 1.76. The Kier molecular flexibility index (Phi) is 4.41. The van der Waals surface area contributed by atoms with Gasteiger partial charge in [-0.3, -0.25) is 4.79 Å². The molecule has 2 atom stereocenters. The molecule has 20 heavy (non-hydrogen) atoms. The van der Waals surface area contributed by atoms with Crippen LogP contribution in [0.5, 0.6) is 0 Å². The number of fused-ring (bicyclic) bond motifs is 1. The Hall–Kier alpha value is -0.480. The van der Waals surface area contributed by atoms with E-state index in [1.54, 1.807) is 0 Å². The van der Waals surface area contributed by atoms with Crippen molar-refractivity contribution in [3.8, 4) is 0 Å². The summed E-state index contributed by atoms with van der Waals surface area (Å²) in [6, 6.07) is 5.67. The number of carbonyl (C=O) groups is 1. The van der Waals surface area contributed by atoms with E-state index in [2.05, 4.69) is 28.6 Å². The third-order valence-electron chi connectivity index (χ3n) is 4.76. The largest absolute Gasteiger partial charge is 0.338 e. The Labute approximate surface area is 134 Å². The summed E-state index contributed by atoms with van der Waals surface area (Å²) in [5.74, 6) is 1.73. The van der Waals surface area contributed by atoms with Crippen LogP contribution in [-0.2, 0) is 0 Å². The van der Waals surface area contributed by atoms with Gasteiger partial charge < -0.3 is 4.90 Å². The summed E-state index contributed by atoms with van der Waals surface area (Å²) in [5.41, 5.74) is 0.742. The Morgan fingerprint density at radius 3 is 2.75 bits per heavy atom. The van der Waals surface area contributed by atoms with Crippen LogP contribution in [-0.4, -0.2) is 23.9 Å². The maximum absolute atomic E-state index is 12.7. The van der Waals surface area contributed by atoms with E-state index in [-0.39, 0.29) is 5.91 Å². The number of halogens is 1. The first-order valence-corrected chi connectivity index (χ1v) is 8.67. The lowest BCUT2D eigenvalue weighted by molar-refractivity contribution is 0.0520. The first-order chi connectivity index (χ1) is 9.65. The smallest absolute Gasteiger partial charge is 0.255 e. The molecule has 1 saturated carbocycles. The van der Waals surface area contributed by atoms with E-state index in [9.17, 15) is 4.79 Å². The second kappa shape index (κ2) is 6.10. The number of hydrogen-bond acceptors (Lipinski definition) is 2. The lowest BCUT2D eigenvalue weighted by Gasteiger charge is -2.41. The number of piperidine rings is 1. The maximum Gasteiger partial charge on any atom is 0.255 e. The van der Waals surface area contributed by atoms with Gasteiger partial charge in [-0.05, 0) is 58.8 Å². The number of rotatable bonds is 1. The van der Waals surface area contributed by atoms with E-state index in [0.29, 0.717) is 0 Å². The molecule has 2 nitrogen and oxygen atoms in total. The van der Waals surface area contributed by atoms with Crippen molar-refractivity contribution in [3.05, 3.63) is 28.2 Å². The molecule has 2 aliphatic rings. The zero-order chi connectivity index (χ0) is 14.1. The minimum absolute atomic E-state index is 0.150. The first kappa shape index (κ1) is 14.5. The van der Waals surface area contributed by atoms with Crippen molar-refractivity contribution in [1.82, 2.24) is 4.90 Å². The standard InChI is InChI=1S/C16H20BrNOS/c17-15-6-5-13(20)9-14(15)16(19)18-8-7-11-3-1-2-4-12(11)10-18/h5-6,9,11-12,20H,1-4,7-8,10H2. The van der Waals surface area contributed by atoms with Crippen molar-refractivity contribution < 1.29 is 4.79 Å². The predicted octanol–water partition coefficient (Wildman–Crippen LogP) is 4.39. The SMILES string of the molecule is O=C(c1cc(S)ccc1Br)N1CCC2CCCCC2C1. The van der Waals surface area contributed by atoms with E-state index < -0.39 is 0 Å². The molecule has 0 spiro atoms. The van der Waals surface area contributed by atoms with E-state index >= 15 is 0 Å². The van der Waals surface area contributed by atoms with Gasteiger partial charge in [-0.15, -0.1) is 12.6 Å².